The highest BCUT2D eigenvalue weighted by atomic mass is 16.8. The van der Waals surface area contributed by atoms with Gasteiger partial charge in [0.1, 0.15) is 73.2 Å². The zero-order valence-electron chi connectivity index (χ0n) is 52.5. The Hall–Kier alpha value is -2.51. The van der Waals surface area contributed by atoms with Crippen molar-refractivity contribution in [2.24, 2.45) is 0 Å². The molecule has 3 heterocycles. The van der Waals surface area contributed by atoms with Gasteiger partial charge >= 0.3 is 0 Å². The Morgan fingerprint density at radius 1 is 0.430 bits per heavy atom. The van der Waals surface area contributed by atoms with Gasteiger partial charge in [0.05, 0.1) is 38.6 Å². The fourth-order valence-electron chi connectivity index (χ4n) is 11.2. The summed E-state index contributed by atoms with van der Waals surface area (Å²) in [5.41, 5.74) is 0. The molecular formula is C67H119NO18. The number of hydrogen-bond donors (Lipinski definition) is 12. The number of carbonyl (C=O) groups is 1. The Balaban J connectivity index is 1.44. The summed E-state index contributed by atoms with van der Waals surface area (Å²) in [4.78, 5) is 13.4. The third-order valence-electron chi connectivity index (χ3n) is 16.6. The molecule has 19 heteroatoms. The molecular weight excluding hydrogens is 1110 g/mol. The topological polar surface area (TPSA) is 307 Å². The summed E-state index contributed by atoms with van der Waals surface area (Å²) in [6.07, 6.45) is 31.4. The Morgan fingerprint density at radius 2 is 0.802 bits per heavy atom. The summed E-state index contributed by atoms with van der Waals surface area (Å²) in [6, 6.07) is -0.893. The molecule has 0 aromatic carbocycles. The number of allylic oxidation sites excluding steroid dienone is 10. The minimum atomic E-state index is -1.97. The van der Waals surface area contributed by atoms with Crippen molar-refractivity contribution in [2.45, 2.75) is 330 Å². The van der Waals surface area contributed by atoms with Crippen LogP contribution < -0.4 is 5.32 Å². The minimum absolute atomic E-state index is 0.251. The van der Waals surface area contributed by atoms with Gasteiger partial charge in [-0.3, -0.25) is 4.79 Å². The van der Waals surface area contributed by atoms with Crippen molar-refractivity contribution in [1.29, 1.82) is 0 Å². The third kappa shape index (κ3) is 31.5. The van der Waals surface area contributed by atoms with Gasteiger partial charge in [0.15, 0.2) is 18.9 Å². The number of amides is 1. The molecule has 3 aliphatic heterocycles. The van der Waals surface area contributed by atoms with Crippen LogP contribution in [0.4, 0.5) is 0 Å². The number of aliphatic hydroxyl groups is 11. The van der Waals surface area contributed by atoms with E-state index in [0.717, 1.165) is 89.9 Å². The summed E-state index contributed by atoms with van der Waals surface area (Å²) in [5.74, 6) is -0.251. The van der Waals surface area contributed by atoms with E-state index < -0.39 is 124 Å². The van der Waals surface area contributed by atoms with Gasteiger partial charge in [-0.2, -0.15) is 0 Å². The summed E-state index contributed by atoms with van der Waals surface area (Å²) in [7, 11) is 0. The van der Waals surface area contributed by atoms with Gasteiger partial charge in [0, 0.05) is 6.42 Å². The molecule has 0 spiro atoms. The maximum absolute atomic E-state index is 13.4. The Bertz CT molecular complexity index is 1800. The number of carbonyl (C=O) groups excluding carboxylic acids is 1. The fourth-order valence-corrected chi connectivity index (χ4v) is 11.2. The lowest BCUT2D eigenvalue weighted by Crippen LogP contribution is -2.66. The molecule has 0 aromatic rings. The molecule has 3 rings (SSSR count). The summed E-state index contributed by atoms with van der Waals surface area (Å²) in [6.45, 7) is 1.68. The van der Waals surface area contributed by atoms with Crippen LogP contribution in [0.1, 0.15) is 226 Å². The number of unbranched alkanes of at least 4 members (excludes halogenated alkanes) is 24. The zero-order chi connectivity index (χ0) is 62.6. The minimum Gasteiger partial charge on any atom is -0.394 e. The van der Waals surface area contributed by atoms with Crippen molar-refractivity contribution >= 4 is 5.91 Å². The number of ether oxygens (including phenoxy) is 6. The number of aliphatic hydroxyl groups excluding tert-OH is 11. The molecule has 17 atom stereocenters. The van der Waals surface area contributed by atoms with E-state index in [4.69, 9.17) is 28.4 Å². The van der Waals surface area contributed by atoms with Gasteiger partial charge in [-0.1, -0.05) is 222 Å². The van der Waals surface area contributed by atoms with E-state index in [-0.39, 0.29) is 18.9 Å². The van der Waals surface area contributed by atoms with E-state index in [2.05, 4.69) is 79.9 Å². The van der Waals surface area contributed by atoms with Crippen LogP contribution in [0.2, 0.25) is 0 Å². The fraction of sp³-hybridized carbons (Fsp3) is 0.836. The summed E-state index contributed by atoms with van der Waals surface area (Å²) in [5, 5.41) is 121. The monoisotopic (exact) mass is 1230 g/mol. The van der Waals surface area contributed by atoms with E-state index in [0.29, 0.717) is 12.8 Å². The van der Waals surface area contributed by atoms with Crippen LogP contribution >= 0.6 is 0 Å². The van der Waals surface area contributed by atoms with Crippen LogP contribution in [0.3, 0.4) is 0 Å². The Kier molecular flexibility index (Phi) is 44.5. The standard InChI is InChI=1S/C67H119NO18/c1-3-5-7-9-11-13-15-17-19-21-22-23-24-25-26-27-28-29-31-33-35-37-39-41-43-45-55(73)68-50(51(72)44-42-40-38-36-34-32-30-20-18-16-14-12-10-8-6-4-2)49-81-65-61(79)58(76)63(53(47-70)83-65)86-67-62(80)59(77)64(54(48-71)84-67)85-66-60(78)57(75)56(74)52(46-69)82-66/h5,7,11,13,17,19,22-23,25-26,50-54,56-67,69-72,74-80H,3-4,6,8-10,12,14-16,18,20-21,24,27-49H2,1-2H3,(H,68,73)/b7-5-,13-11-,19-17-,23-22-,26-25-. The second kappa shape index (κ2) is 49.2. The zero-order valence-corrected chi connectivity index (χ0v) is 52.5. The lowest BCUT2D eigenvalue weighted by molar-refractivity contribution is -0.379. The smallest absolute Gasteiger partial charge is 0.220 e. The summed E-state index contributed by atoms with van der Waals surface area (Å²) < 4.78 is 34.4. The van der Waals surface area contributed by atoms with Gasteiger partial charge < -0.3 is 89.9 Å². The first-order valence-electron chi connectivity index (χ1n) is 33.5. The van der Waals surface area contributed by atoms with Gasteiger partial charge in [0.25, 0.3) is 0 Å². The van der Waals surface area contributed by atoms with Crippen LogP contribution in [-0.2, 0) is 33.2 Å². The van der Waals surface area contributed by atoms with Crippen LogP contribution in [0.5, 0.6) is 0 Å². The molecule has 12 N–H and O–H groups in total. The number of nitrogens with one attached hydrogen (secondary N) is 1. The summed E-state index contributed by atoms with van der Waals surface area (Å²) >= 11 is 0. The maximum Gasteiger partial charge on any atom is 0.220 e. The predicted octanol–water partition coefficient (Wildman–Crippen LogP) is 7.99. The van der Waals surface area contributed by atoms with E-state index in [1.807, 2.05) is 0 Å². The molecule has 3 aliphatic rings. The second-order valence-electron chi connectivity index (χ2n) is 23.9. The highest BCUT2D eigenvalue weighted by Gasteiger charge is 2.53. The number of rotatable bonds is 50. The van der Waals surface area contributed by atoms with E-state index >= 15 is 0 Å². The van der Waals surface area contributed by atoms with E-state index in [1.165, 1.54) is 103 Å². The molecule has 500 valence electrons. The molecule has 1 amide bonds. The van der Waals surface area contributed by atoms with E-state index in [1.54, 1.807) is 0 Å². The van der Waals surface area contributed by atoms with E-state index in [9.17, 15) is 61.0 Å². The molecule has 86 heavy (non-hydrogen) atoms. The first kappa shape index (κ1) is 77.7. The predicted molar refractivity (Wildman–Crippen MR) is 332 cm³/mol. The first-order chi connectivity index (χ1) is 41.8. The van der Waals surface area contributed by atoms with Crippen LogP contribution in [0.25, 0.3) is 0 Å². The van der Waals surface area contributed by atoms with Gasteiger partial charge in [0.2, 0.25) is 5.91 Å². The molecule has 3 fully saturated rings. The highest BCUT2D eigenvalue weighted by molar-refractivity contribution is 5.76. The SMILES string of the molecule is CC/C=C\C/C=C\C/C=C\C/C=C\C/C=C\CCCCCCCCCCCC(=O)NC(COC1OC(CO)C(OC2OC(CO)C(OC3OC(CO)C(O)C(O)C3O)C(O)C2O)C(O)C1O)C(O)CCCCCCCCCCCCCCCCCC. The maximum atomic E-state index is 13.4. The quantitative estimate of drug-likeness (QED) is 0.0203. The average Bonchev–Trinajstić information content (AvgIpc) is 3.70. The van der Waals surface area contributed by atoms with Crippen LogP contribution in [-0.4, -0.2) is 193 Å². The van der Waals surface area contributed by atoms with Crippen molar-refractivity contribution in [3.63, 3.8) is 0 Å². The lowest BCUT2D eigenvalue weighted by Gasteiger charge is -2.48. The normalized spacial score (nSPS) is 29.2. The Labute approximate surface area is 515 Å². The molecule has 0 aliphatic carbocycles. The van der Waals surface area contributed by atoms with Crippen molar-refractivity contribution in [3.05, 3.63) is 60.8 Å². The Morgan fingerprint density at radius 3 is 1.26 bits per heavy atom. The van der Waals surface area contributed by atoms with Gasteiger partial charge in [-0.05, 0) is 57.8 Å². The van der Waals surface area contributed by atoms with Gasteiger partial charge in [-0.15, -0.1) is 0 Å². The second-order valence-corrected chi connectivity index (χ2v) is 23.9. The molecule has 0 aromatic heterocycles. The average molecular weight is 1230 g/mol. The van der Waals surface area contributed by atoms with Crippen LogP contribution in [0, 0.1) is 0 Å². The molecule has 0 saturated carbocycles. The largest absolute Gasteiger partial charge is 0.394 e. The highest BCUT2D eigenvalue weighted by Crippen LogP contribution is 2.33. The van der Waals surface area contributed by atoms with Crippen molar-refractivity contribution < 1.29 is 89.4 Å². The first-order valence-corrected chi connectivity index (χ1v) is 33.5. The van der Waals surface area contributed by atoms with Crippen molar-refractivity contribution in [3.8, 4) is 0 Å². The number of hydrogen-bond acceptors (Lipinski definition) is 18. The molecule has 0 radical (unpaired) electrons. The van der Waals surface area contributed by atoms with Crippen LogP contribution in [0.15, 0.2) is 60.8 Å². The molecule has 3 saturated heterocycles. The molecule has 19 nitrogen and oxygen atoms in total. The molecule has 0 bridgehead atoms. The lowest BCUT2D eigenvalue weighted by atomic mass is 9.96. The third-order valence-corrected chi connectivity index (χ3v) is 16.6. The van der Waals surface area contributed by atoms with Crippen molar-refractivity contribution in [1.82, 2.24) is 5.32 Å². The van der Waals surface area contributed by atoms with Gasteiger partial charge in [-0.25, -0.2) is 0 Å². The molecule has 17 unspecified atom stereocenters. The van der Waals surface area contributed by atoms with Crippen molar-refractivity contribution in [2.75, 3.05) is 26.4 Å².